The monoisotopic (exact) mass is 348 g/mol. The molecular formula is C17H14Cl2N2O2. The number of halogens is 2. The summed E-state index contributed by atoms with van der Waals surface area (Å²) in [5, 5.41) is 6.37. The van der Waals surface area contributed by atoms with Crippen LogP contribution in [-0.4, -0.2) is 11.8 Å². The number of carbonyl (C=O) groups is 2. The van der Waals surface area contributed by atoms with Crippen LogP contribution < -0.4 is 10.6 Å². The number of amides is 2. The van der Waals surface area contributed by atoms with E-state index in [1.54, 1.807) is 36.4 Å². The summed E-state index contributed by atoms with van der Waals surface area (Å²) in [7, 11) is 0. The Labute approximate surface area is 143 Å². The van der Waals surface area contributed by atoms with Crippen LogP contribution in [0.4, 0.5) is 11.4 Å². The van der Waals surface area contributed by atoms with Crippen molar-refractivity contribution in [3.8, 4) is 0 Å². The first-order valence-electron chi connectivity index (χ1n) is 7.20. The van der Waals surface area contributed by atoms with Gasteiger partial charge in [0.2, 0.25) is 5.91 Å². The number of carbonyl (C=O) groups excluding carboxylic acids is 2. The Bertz CT molecular complexity index is 756. The highest BCUT2D eigenvalue weighted by atomic mass is 35.5. The average Bonchev–Trinajstić information content (AvgIpc) is 3.33. The second kappa shape index (κ2) is 6.60. The lowest BCUT2D eigenvalue weighted by Gasteiger charge is -2.09. The molecular weight excluding hydrogens is 335 g/mol. The lowest BCUT2D eigenvalue weighted by atomic mass is 10.2. The van der Waals surface area contributed by atoms with Crippen LogP contribution in [0.1, 0.15) is 23.2 Å². The van der Waals surface area contributed by atoms with Gasteiger partial charge in [0.15, 0.2) is 0 Å². The number of nitrogens with one attached hydrogen (secondary N) is 2. The van der Waals surface area contributed by atoms with E-state index in [0.717, 1.165) is 12.8 Å². The molecule has 0 aliphatic heterocycles. The van der Waals surface area contributed by atoms with Crippen molar-refractivity contribution in [2.45, 2.75) is 12.8 Å². The van der Waals surface area contributed by atoms with E-state index >= 15 is 0 Å². The molecule has 1 saturated carbocycles. The molecule has 118 valence electrons. The van der Waals surface area contributed by atoms with Crippen LogP contribution in [0.15, 0.2) is 42.5 Å². The van der Waals surface area contributed by atoms with Gasteiger partial charge in [0.1, 0.15) is 0 Å². The van der Waals surface area contributed by atoms with Crippen LogP contribution in [0.5, 0.6) is 0 Å². The largest absolute Gasteiger partial charge is 0.326 e. The van der Waals surface area contributed by atoms with Gasteiger partial charge in [-0.05, 0) is 55.3 Å². The van der Waals surface area contributed by atoms with E-state index in [1.165, 1.54) is 6.07 Å². The van der Waals surface area contributed by atoms with Gasteiger partial charge >= 0.3 is 0 Å². The maximum Gasteiger partial charge on any atom is 0.257 e. The van der Waals surface area contributed by atoms with E-state index in [4.69, 9.17) is 23.2 Å². The van der Waals surface area contributed by atoms with Gasteiger partial charge in [-0.1, -0.05) is 23.2 Å². The van der Waals surface area contributed by atoms with Gasteiger partial charge in [-0.15, -0.1) is 0 Å². The van der Waals surface area contributed by atoms with Crippen molar-refractivity contribution in [1.29, 1.82) is 0 Å². The van der Waals surface area contributed by atoms with E-state index in [-0.39, 0.29) is 17.7 Å². The Hall–Kier alpha value is -2.04. The smallest absolute Gasteiger partial charge is 0.257 e. The molecule has 1 fully saturated rings. The summed E-state index contributed by atoms with van der Waals surface area (Å²) in [6.07, 6.45) is 1.92. The van der Waals surface area contributed by atoms with Crippen molar-refractivity contribution in [3.63, 3.8) is 0 Å². The predicted octanol–water partition coefficient (Wildman–Crippen LogP) is 4.59. The lowest BCUT2D eigenvalue weighted by Crippen LogP contribution is -2.14. The van der Waals surface area contributed by atoms with Gasteiger partial charge in [-0.3, -0.25) is 9.59 Å². The Kier molecular flexibility index (Phi) is 4.55. The first-order valence-corrected chi connectivity index (χ1v) is 7.96. The summed E-state index contributed by atoms with van der Waals surface area (Å²) < 4.78 is 0. The molecule has 2 aromatic carbocycles. The van der Waals surface area contributed by atoms with E-state index in [0.29, 0.717) is 27.0 Å². The van der Waals surface area contributed by atoms with Gasteiger partial charge in [0.05, 0.1) is 10.6 Å². The van der Waals surface area contributed by atoms with Gasteiger partial charge in [-0.25, -0.2) is 0 Å². The fourth-order valence-corrected chi connectivity index (χ4v) is 2.59. The van der Waals surface area contributed by atoms with E-state index in [1.807, 2.05) is 0 Å². The molecule has 0 atom stereocenters. The number of benzene rings is 2. The van der Waals surface area contributed by atoms with Crippen LogP contribution in [-0.2, 0) is 4.79 Å². The first kappa shape index (κ1) is 15.8. The molecule has 23 heavy (non-hydrogen) atoms. The zero-order valence-electron chi connectivity index (χ0n) is 12.1. The highest BCUT2D eigenvalue weighted by Crippen LogP contribution is 2.30. The predicted molar refractivity (Wildman–Crippen MR) is 92.2 cm³/mol. The van der Waals surface area contributed by atoms with Gasteiger partial charge in [-0.2, -0.15) is 0 Å². The quantitative estimate of drug-likeness (QED) is 0.848. The molecule has 4 nitrogen and oxygen atoms in total. The second-order valence-electron chi connectivity index (χ2n) is 5.42. The van der Waals surface area contributed by atoms with E-state index < -0.39 is 0 Å². The van der Waals surface area contributed by atoms with Crippen molar-refractivity contribution >= 4 is 46.4 Å². The Morgan fingerprint density at radius 1 is 0.913 bits per heavy atom. The van der Waals surface area contributed by atoms with Crippen LogP contribution >= 0.6 is 23.2 Å². The Balaban J connectivity index is 1.65. The maximum absolute atomic E-state index is 12.2. The van der Waals surface area contributed by atoms with Crippen molar-refractivity contribution in [2.75, 3.05) is 10.6 Å². The minimum absolute atomic E-state index is 0.0507. The standard InChI is InChI=1S/C17H14Cl2N2O2/c18-11-3-8-14(15(19)9-11)17(23)21-13-6-4-12(5-7-13)20-16(22)10-1-2-10/h3-10H,1-2H2,(H,20,22)(H,21,23). The molecule has 2 aromatic rings. The van der Waals surface area contributed by atoms with Crippen molar-refractivity contribution < 1.29 is 9.59 Å². The van der Waals surface area contributed by atoms with Crippen molar-refractivity contribution in [2.24, 2.45) is 5.92 Å². The van der Waals surface area contributed by atoms with Crippen LogP contribution in [0.3, 0.4) is 0 Å². The molecule has 0 unspecified atom stereocenters. The third-order valence-corrected chi connectivity index (χ3v) is 4.08. The fraction of sp³-hybridized carbons (Fsp3) is 0.176. The molecule has 0 spiro atoms. The summed E-state index contributed by atoms with van der Waals surface area (Å²) >= 11 is 11.8. The van der Waals surface area contributed by atoms with Crippen LogP contribution in [0.25, 0.3) is 0 Å². The average molecular weight is 349 g/mol. The molecule has 0 radical (unpaired) electrons. The normalized spacial score (nSPS) is 13.5. The maximum atomic E-state index is 12.2. The van der Waals surface area contributed by atoms with Gasteiger partial charge in [0.25, 0.3) is 5.91 Å². The summed E-state index contributed by atoms with van der Waals surface area (Å²) in [6.45, 7) is 0. The van der Waals surface area contributed by atoms with Gasteiger partial charge < -0.3 is 10.6 Å². The SMILES string of the molecule is O=C(Nc1ccc(NC(=O)C2CC2)cc1)c1ccc(Cl)cc1Cl. The summed E-state index contributed by atoms with van der Waals surface area (Å²) in [5.41, 5.74) is 1.68. The molecule has 1 aliphatic rings. The summed E-state index contributed by atoms with van der Waals surface area (Å²) in [4.78, 5) is 23.9. The van der Waals surface area contributed by atoms with E-state index in [2.05, 4.69) is 10.6 Å². The molecule has 0 bridgehead atoms. The topological polar surface area (TPSA) is 58.2 Å². The van der Waals surface area contributed by atoms with E-state index in [9.17, 15) is 9.59 Å². The Morgan fingerprint density at radius 3 is 2.09 bits per heavy atom. The molecule has 0 heterocycles. The molecule has 0 saturated heterocycles. The lowest BCUT2D eigenvalue weighted by molar-refractivity contribution is -0.117. The number of hydrogen-bond acceptors (Lipinski definition) is 2. The fourth-order valence-electron chi connectivity index (χ4n) is 2.10. The number of anilines is 2. The minimum Gasteiger partial charge on any atom is -0.326 e. The van der Waals surface area contributed by atoms with Gasteiger partial charge in [0, 0.05) is 22.3 Å². The highest BCUT2D eigenvalue weighted by molar-refractivity contribution is 6.37. The number of hydrogen-bond donors (Lipinski definition) is 2. The van der Waals surface area contributed by atoms with Crippen molar-refractivity contribution in [3.05, 3.63) is 58.1 Å². The highest BCUT2D eigenvalue weighted by Gasteiger charge is 2.29. The number of rotatable bonds is 4. The third-order valence-electron chi connectivity index (χ3n) is 3.53. The zero-order chi connectivity index (χ0) is 16.4. The molecule has 2 amide bonds. The van der Waals surface area contributed by atoms with Crippen molar-refractivity contribution in [1.82, 2.24) is 0 Å². The zero-order valence-corrected chi connectivity index (χ0v) is 13.6. The second-order valence-corrected chi connectivity index (χ2v) is 6.26. The Morgan fingerprint density at radius 2 is 1.52 bits per heavy atom. The molecule has 1 aliphatic carbocycles. The summed E-state index contributed by atoms with van der Waals surface area (Å²) in [6, 6.07) is 11.7. The molecule has 2 N–H and O–H groups in total. The third kappa shape index (κ3) is 4.03. The molecule has 0 aromatic heterocycles. The van der Waals surface area contributed by atoms with Crippen LogP contribution in [0, 0.1) is 5.92 Å². The molecule has 3 rings (SSSR count). The minimum atomic E-state index is -0.318. The molecule has 6 heteroatoms. The summed E-state index contributed by atoms with van der Waals surface area (Å²) in [5.74, 6) is -0.113. The van der Waals surface area contributed by atoms with Crippen LogP contribution in [0.2, 0.25) is 10.0 Å². The first-order chi connectivity index (χ1) is 11.0.